The second-order valence-electron chi connectivity index (χ2n) is 9.30. The summed E-state index contributed by atoms with van der Waals surface area (Å²) in [6.45, 7) is 6.81. The second kappa shape index (κ2) is 12.7. The molecule has 1 N–H and O–H groups in total. The maximum atomic E-state index is 13.8. The molecular formula is C29H34FN3O4S. The third-order valence-electron chi connectivity index (χ3n) is 6.37. The maximum Gasteiger partial charge on any atom is 0.264 e. The van der Waals surface area contributed by atoms with Crippen LogP contribution in [0.2, 0.25) is 0 Å². The van der Waals surface area contributed by atoms with Crippen molar-refractivity contribution in [3.8, 4) is 0 Å². The number of benzene rings is 3. The topological polar surface area (TPSA) is 86.8 Å². The average molecular weight is 540 g/mol. The van der Waals surface area contributed by atoms with E-state index < -0.39 is 34.3 Å². The molecule has 202 valence electrons. The molecule has 0 aliphatic heterocycles. The number of nitrogens with one attached hydrogen (secondary N) is 1. The highest BCUT2D eigenvalue weighted by Crippen LogP contribution is 2.25. The normalized spacial score (nSPS) is 12.9. The van der Waals surface area contributed by atoms with Gasteiger partial charge in [0.25, 0.3) is 10.0 Å². The minimum atomic E-state index is -4.19. The number of sulfonamides is 1. The molecule has 2 unspecified atom stereocenters. The molecule has 7 nitrogen and oxygen atoms in total. The van der Waals surface area contributed by atoms with E-state index in [-0.39, 0.29) is 29.1 Å². The van der Waals surface area contributed by atoms with E-state index in [0.717, 1.165) is 34.0 Å². The van der Waals surface area contributed by atoms with Crippen LogP contribution in [0.3, 0.4) is 0 Å². The largest absolute Gasteiger partial charge is 0.352 e. The lowest BCUT2D eigenvalue weighted by molar-refractivity contribution is -0.139. The Balaban J connectivity index is 2.00. The molecule has 0 aromatic heterocycles. The Morgan fingerprint density at radius 3 is 2.11 bits per heavy atom. The summed E-state index contributed by atoms with van der Waals surface area (Å²) in [6.07, 6.45) is 0.720. The lowest BCUT2D eigenvalue weighted by atomic mass is 10.1. The smallest absolute Gasteiger partial charge is 0.264 e. The minimum Gasteiger partial charge on any atom is -0.352 e. The first kappa shape index (κ1) is 28.8. The van der Waals surface area contributed by atoms with Gasteiger partial charge in [-0.15, -0.1) is 0 Å². The van der Waals surface area contributed by atoms with Gasteiger partial charge in [0.1, 0.15) is 18.4 Å². The van der Waals surface area contributed by atoms with E-state index in [1.54, 1.807) is 19.1 Å². The van der Waals surface area contributed by atoms with E-state index in [2.05, 4.69) is 5.32 Å². The Labute approximate surface area is 224 Å². The second-order valence-corrected chi connectivity index (χ2v) is 11.2. The molecule has 0 aliphatic rings. The monoisotopic (exact) mass is 539 g/mol. The lowest BCUT2D eigenvalue weighted by Gasteiger charge is -2.32. The van der Waals surface area contributed by atoms with Gasteiger partial charge in [0, 0.05) is 12.6 Å². The summed E-state index contributed by atoms with van der Waals surface area (Å²) in [5.74, 6) is -1.44. The summed E-state index contributed by atoms with van der Waals surface area (Å²) in [6, 6.07) is 19.4. The zero-order valence-corrected chi connectivity index (χ0v) is 22.9. The average Bonchev–Trinajstić information content (AvgIpc) is 2.91. The van der Waals surface area contributed by atoms with Crippen molar-refractivity contribution in [1.29, 1.82) is 0 Å². The number of aryl methyl sites for hydroxylation is 1. The van der Waals surface area contributed by atoms with Crippen LogP contribution >= 0.6 is 0 Å². The predicted octanol–water partition coefficient (Wildman–Crippen LogP) is 4.66. The molecule has 0 heterocycles. The van der Waals surface area contributed by atoms with Crippen molar-refractivity contribution in [2.24, 2.45) is 0 Å². The van der Waals surface area contributed by atoms with Crippen molar-refractivity contribution in [3.05, 3.63) is 95.8 Å². The van der Waals surface area contributed by atoms with E-state index in [1.807, 2.05) is 51.1 Å². The highest BCUT2D eigenvalue weighted by Gasteiger charge is 2.32. The molecule has 3 rings (SSSR count). The van der Waals surface area contributed by atoms with Crippen LogP contribution in [0.4, 0.5) is 10.1 Å². The zero-order chi connectivity index (χ0) is 27.9. The summed E-state index contributed by atoms with van der Waals surface area (Å²) in [5, 5.41) is 2.90. The molecule has 3 aromatic carbocycles. The predicted molar refractivity (Wildman–Crippen MR) is 146 cm³/mol. The number of amides is 2. The number of hydrogen-bond donors (Lipinski definition) is 1. The maximum absolute atomic E-state index is 13.8. The third kappa shape index (κ3) is 7.19. The van der Waals surface area contributed by atoms with E-state index in [9.17, 15) is 22.4 Å². The first-order valence-electron chi connectivity index (χ1n) is 12.5. The number of halogens is 1. The van der Waals surface area contributed by atoms with Crippen molar-refractivity contribution >= 4 is 27.5 Å². The summed E-state index contributed by atoms with van der Waals surface area (Å²) < 4.78 is 42.1. The fourth-order valence-corrected chi connectivity index (χ4v) is 5.22. The summed E-state index contributed by atoms with van der Waals surface area (Å²) in [4.78, 5) is 28.2. The highest BCUT2D eigenvalue weighted by molar-refractivity contribution is 7.92. The quantitative estimate of drug-likeness (QED) is 0.384. The van der Waals surface area contributed by atoms with E-state index >= 15 is 0 Å². The van der Waals surface area contributed by atoms with Crippen molar-refractivity contribution < 1.29 is 22.4 Å². The third-order valence-corrected chi connectivity index (χ3v) is 8.15. The molecule has 0 saturated heterocycles. The molecule has 2 amide bonds. The molecule has 0 spiro atoms. The summed E-state index contributed by atoms with van der Waals surface area (Å²) >= 11 is 0. The van der Waals surface area contributed by atoms with Crippen LogP contribution in [-0.4, -0.2) is 43.8 Å². The fraction of sp³-hybridized carbons (Fsp3) is 0.310. The summed E-state index contributed by atoms with van der Waals surface area (Å²) in [5.41, 5.74) is 1.80. The first-order valence-corrected chi connectivity index (χ1v) is 14.0. The molecule has 0 aliphatic carbocycles. The van der Waals surface area contributed by atoms with Crippen LogP contribution in [0.15, 0.2) is 83.8 Å². The van der Waals surface area contributed by atoms with Gasteiger partial charge in [-0.25, -0.2) is 12.8 Å². The number of carbonyl (C=O) groups is 2. The van der Waals surface area contributed by atoms with Gasteiger partial charge in [0.2, 0.25) is 11.8 Å². The van der Waals surface area contributed by atoms with Crippen LogP contribution in [0.5, 0.6) is 0 Å². The van der Waals surface area contributed by atoms with E-state index in [0.29, 0.717) is 0 Å². The van der Waals surface area contributed by atoms with Crippen molar-refractivity contribution in [1.82, 2.24) is 10.2 Å². The van der Waals surface area contributed by atoms with Gasteiger partial charge in [-0.2, -0.15) is 0 Å². The molecule has 9 heteroatoms. The van der Waals surface area contributed by atoms with Gasteiger partial charge in [0.05, 0.1) is 10.6 Å². The van der Waals surface area contributed by atoms with Gasteiger partial charge in [0.15, 0.2) is 0 Å². The van der Waals surface area contributed by atoms with Crippen LogP contribution in [0.1, 0.15) is 38.3 Å². The van der Waals surface area contributed by atoms with Crippen molar-refractivity contribution in [2.75, 3.05) is 10.8 Å². The van der Waals surface area contributed by atoms with Gasteiger partial charge < -0.3 is 10.2 Å². The summed E-state index contributed by atoms with van der Waals surface area (Å²) in [7, 11) is -4.19. The highest BCUT2D eigenvalue weighted by atomic mass is 32.2. The molecule has 0 radical (unpaired) electrons. The molecule has 0 fully saturated rings. The molecule has 3 aromatic rings. The van der Waals surface area contributed by atoms with Crippen LogP contribution < -0.4 is 9.62 Å². The molecular weight excluding hydrogens is 505 g/mol. The molecule has 0 bridgehead atoms. The standard InChI is InChI=1S/C29H34FN3O4S/c1-5-22(3)31-29(35)23(4)32(19-24-9-7-6-8-10-24)28(34)20-33(26-15-13-25(30)14-16-26)38(36,37)27-17-11-21(2)12-18-27/h6-18,22-23H,5,19-20H2,1-4H3,(H,31,35). The Kier molecular flexibility index (Phi) is 9.63. The van der Waals surface area contributed by atoms with Crippen LogP contribution in [0.25, 0.3) is 0 Å². The molecule has 38 heavy (non-hydrogen) atoms. The zero-order valence-electron chi connectivity index (χ0n) is 22.1. The van der Waals surface area contributed by atoms with Crippen LogP contribution in [0, 0.1) is 12.7 Å². The van der Waals surface area contributed by atoms with Gasteiger partial charge in [-0.05, 0) is 69.2 Å². The number of rotatable bonds is 11. The van der Waals surface area contributed by atoms with E-state index in [1.165, 1.54) is 29.2 Å². The number of anilines is 1. The van der Waals surface area contributed by atoms with Gasteiger partial charge in [-0.1, -0.05) is 55.0 Å². The van der Waals surface area contributed by atoms with Gasteiger partial charge in [-0.3, -0.25) is 13.9 Å². The van der Waals surface area contributed by atoms with Gasteiger partial charge >= 0.3 is 0 Å². The Bertz CT molecular complexity index is 1330. The lowest BCUT2D eigenvalue weighted by Crippen LogP contribution is -2.52. The number of carbonyl (C=O) groups excluding carboxylic acids is 2. The Hall–Kier alpha value is -3.72. The minimum absolute atomic E-state index is 0.00241. The SMILES string of the molecule is CCC(C)NC(=O)C(C)N(Cc1ccccc1)C(=O)CN(c1ccc(F)cc1)S(=O)(=O)c1ccc(C)cc1. The molecule has 2 atom stereocenters. The number of hydrogen-bond acceptors (Lipinski definition) is 4. The van der Waals surface area contributed by atoms with Crippen molar-refractivity contribution in [2.45, 2.75) is 57.6 Å². The first-order chi connectivity index (χ1) is 18.0. The van der Waals surface area contributed by atoms with Crippen LogP contribution in [-0.2, 0) is 26.2 Å². The Morgan fingerprint density at radius 1 is 0.921 bits per heavy atom. The fourth-order valence-electron chi connectivity index (χ4n) is 3.80. The Morgan fingerprint density at radius 2 is 1.53 bits per heavy atom. The number of nitrogens with zero attached hydrogens (tertiary/aromatic N) is 2. The van der Waals surface area contributed by atoms with E-state index in [4.69, 9.17) is 0 Å². The van der Waals surface area contributed by atoms with Crippen molar-refractivity contribution in [3.63, 3.8) is 0 Å². The molecule has 0 saturated carbocycles.